The molecule has 0 spiro atoms. The maximum atomic E-state index is 11.8. The minimum atomic E-state index is -0.807. The lowest BCUT2D eigenvalue weighted by Gasteiger charge is -2.35. The summed E-state index contributed by atoms with van der Waals surface area (Å²) in [5.41, 5.74) is -0.807. The van der Waals surface area contributed by atoms with Gasteiger partial charge in [-0.3, -0.25) is 0 Å². The van der Waals surface area contributed by atoms with Gasteiger partial charge in [-0.05, 0) is 32.0 Å². The Labute approximate surface area is 112 Å². The van der Waals surface area contributed by atoms with Gasteiger partial charge in [0.15, 0.2) is 0 Å². The van der Waals surface area contributed by atoms with Gasteiger partial charge in [0.05, 0.1) is 6.07 Å². The zero-order valence-corrected chi connectivity index (χ0v) is 10.9. The average Bonchev–Trinajstić information content (AvgIpc) is 2.43. The van der Waals surface area contributed by atoms with Crippen LogP contribution in [0.2, 0.25) is 0 Å². The van der Waals surface area contributed by atoms with E-state index in [0.29, 0.717) is 18.6 Å². The summed E-state index contributed by atoms with van der Waals surface area (Å²) in [6.07, 6.45) is 0.658. The quantitative estimate of drug-likeness (QED) is 0.879. The number of nitrogens with one attached hydrogen (secondary N) is 1. The number of ether oxygens (including phenoxy) is 1. The van der Waals surface area contributed by atoms with Crippen molar-refractivity contribution in [1.29, 1.82) is 5.26 Å². The normalized spacial score (nSPS) is 18.3. The minimum absolute atomic E-state index is 0.473. The highest BCUT2D eigenvalue weighted by molar-refractivity contribution is 5.72. The zero-order valence-electron chi connectivity index (χ0n) is 10.9. The Hall–Kier alpha value is -2.06. The summed E-state index contributed by atoms with van der Waals surface area (Å²) < 4.78 is 5.16. The van der Waals surface area contributed by atoms with Gasteiger partial charge in [0.1, 0.15) is 11.3 Å². The first-order valence-corrected chi connectivity index (χ1v) is 6.28. The molecule has 100 valence electrons. The second-order valence-corrected chi connectivity index (χ2v) is 4.82. The highest BCUT2D eigenvalue weighted by Gasteiger charge is 2.35. The molecule has 5 nitrogen and oxygen atoms in total. The number of carbonyl (C=O) groups excluding carboxylic acids is 1. The Bertz CT molecular complexity index is 473. The number of nitrogens with zero attached hydrogens (tertiary/aromatic N) is 2. The summed E-state index contributed by atoms with van der Waals surface area (Å²) in [6, 6.07) is 11.0. The van der Waals surface area contributed by atoms with Crippen molar-refractivity contribution >= 4 is 6.09 Å². The fraction of sp³-hybridized carbons (Fsp3) is 0.429. The van der Waals surface area contributed by atoms with Crippen LogP contribution in [-0.4, -0.2) is 36.7 Å². The van der Waals surface area contributed by atoms with E-state index in [1.54, 1.807) is 24.3 Å². The molecule has 1 aromatic carbocycles. The number of benzene rings is 1. The maximum Gasteiger partial charge on any atom is 0.413 e. The van der Waals surface area contributed by atoms with Crippen molar-refractivity contribution in [2.45, 2.75) is 18.4 Å². The third kappa shape index (κ3) is 3.46. The first-order chi connectivity index (χ1) is 9.13. The fourth-order valence-electron chi connectivity index (χ4n) is 2.08. The third-order valence-corrected chi connectivity index (χ3v) is 3.35. The molecule has 0 bridgehead atoms. The number of carbonyl (C=O) groups is 1. The molecule has 1 aliphatic heterocycles. The number of piperidine rings is 1. The van der Waals surface area contributed by atoms with E-state index in [4.69, 9.17) is 4.74 Å². The van der Waals surface area contributed by atoms with Crippen molar-refractivity contribution in [2.75, 3.05) is 20.1 Å². The monoisotopic (exact) mass is 259 g/mol. The number of amides is 1. The molecule has 0 aromatic heterocycles. The SMILES string of the molecule is CN1CCC(C#N)(NC(=O)Oc2ccccc2)CC1. The summed E-state index contributed by atoms with van der Waals surface area (Å²) in [5.74, 6) is 0.473. The fourth-order valence-corrected chi connectivity index (χ4v) is 2.08. The lowest BCUT2D eigenvalue weighted by Crippen LogP contribution is -2.54. The summed E-state index contributed by atoms with van der Waals surface area (Å²) in [5, 5.41) is 12.0. The van der Waals surface area contributed by atoms with Gasteiger partial charge in [-0.15, -0.1) is 0 Å². The molecule has 1 aromatic rings. The number of nitriles is 1. The van der Waals surface area contributed by atoms with Crippen LogP contribution < -0.4 is 10.1 Å². The molecule has 1 heterocycles. The van der Waals surface area contributed by atoms with E-state index in [2.05, 4.69) is 16.3 Å². The van der Waals surface area contributed by atoms with Crippen LogP contribution in [0.5, 0.6) is 5.75 Å². The first kappa shape index (κ1) is 13.4. The Balaban J connectivity index is 1.96. The Kier molecular flexibility index (Phi) is 4.03. The summed E-state index contributed by atoms with van der Waals surface area (Å²) in [6.45, 7) is 1.58. The van der Waals surface area contributed by atoms with Crippen LogP contribution in [0.3, 0.4) is 0 Å². The molecule has 1 fully saturated rings. The molecule has 1 N–H and O–H groups in total. The van der Waals surface area contributed by atoms with Crippen molar-refractivity contribution in [3.05, 3.63) is 30.3 Å². The number of rotatable bonds is 2. The topological polar surface area (TPSA) is 65.4 Å². The van der Waals surface area contributed by atoms with Gasteiger partial charge in [-0.25, -0.2) is 4.79 Å². The molecule has 1 saturated heterocycles. The van der Waals surface area contributed by atoms with E-state index in [0.717, 1.165) is 13.1 Å². The molecular weight excluding hydrogens is 242 g/mol. The predicted molar refractivity (Wildman–Crippen MR) is 70.7 cm³/mol. The van der Waals surface area contributed by atoms with Crippen LogP contribution in [0.15, 0.2) is 30.3 Å². The minimum Gasteiger partial charge on any atom is -0.410 e. The Morgan fingerprint density at radius 3 is 2.58 bits per heavy atom. The second kappa shape index (κ2) is 5.72. The molecule has 0 aliphatic carbocycles. The molecule has 5 heteroatoms. The van der Waals surface area contributed by atoms with Gasteiger partial charge in [-0.2, -0.15) is 5.26 Å². The summed E-state index contributed by atoms with van der Waals surface area (Å²) in [4.78, 5) is 14.0. The lowest BCUT2D eigenvalue weighted by atomic mass is 9.89. The van der Waals surface area contributed by atoms with Crippen molar-refractivity contribution in [2.24, 2.45) is 0 Å². The largest absolute Gasteiger partial charge is 0.413 e. The molecule has 2 rings (SSSR count). The zero-order chi connectivity index (χ0) is 13.7. The molecule has 1 aliphatic rings. The highest BCUT2D eigenvalue weighted by Crippen LogP contribution is 2.21. The van der Waals surface area contributed by atoms with Gasteiger partial charge < -0.3 is 15.0 Å². The molecule has 0 radical (unpaired) electrons. The Morgan fingerprint density at radius 2 is 2.00 bits per heavy atom. The lowest BCUT2D eigenvalue weighted by molar-refractivity contribution is 0.164. The molecule has 1 amide bonds. The average molecular weight is 259 g/mol. The van der Waals surface area contributed by atoms with Crippen LogP contribution in [0.1, 0.15) is 12.8 Å². The van der Waals surface area contributed by atoms with Crippen molar-refractivity contribution in [1.82, 2.24) is 10.2 Å². The van der Waals surface area contributed by atoms with Gasteiger partial charge in [-0.1, -0.05) is 18.2 Å². The predicted octanol–water partition coefficient (Wildman–Crippen LogP) is 1.76. The van der Waals surface area contributed by atoms with E-state index in [1.807, 2.05) is 13.1 Å². The standard InChI is InChI=1S/C14H17N3O2/c1-17-9-7-14(11-15,8-10-17)16-13(18)19-12-5-3-2-4-6-12/h2-6H,7-10H2,1H3,(H,16,18). The van der Waals surface area contributed by atoms with E-state index in [-0.39, 0.29) is 0 Å². The molecule has 0 saturated carbocycles. The van der Waals surface area contributed by atoms with Crippen LogP contribution in [-0.2, 0) is 0 Å². The van der Waals surface area contributed by atoms with Crippen LogP contribution in [0.25, 0.3) is 0 Å². The molecule has 19 heavy (non-hydrogen) atoms. The third-order valence-electron chi connectivity index (χ3n) is 3.35. The van der Waals surface area contributed by atoms with Crippen LogP contribution in [0, 0.1) is 11.3 Å². The summed E-state index contributed by atoms with van der Waals surface area (Å²) in [7, 11) is 2.00. The van der Waals surface area contributed by atoms with Crippen molar-refractivity contribution in [3.63, 3.8) is 0 Å². The van der Waals surface area contributed by atoms with E-state index >= 15 is 0 Å². The van der Waals surface area contributed by atoms with Crippen molar-refractivity contribution < 1.29 is 9.53 Å². The summed E-state index contributed by atoms with van der Waals surface area (Å²) >= 11 is 0. The Morgan fingerprint density at radius 1 is 1.37 bits per heavy atom. The second-order valence-electron chi connectivity index (χ2n) is 4.82. The highest BCUT2D eigenvalue weighted by atomic mass is 16.6. The van der Waals surface area contributed by atoms with E-state index < -0.39 is 11.6 Å². The van der Waals surface area contributed by atoms with Crippen molar-refractivity contribution in [3.8, 4) is 11.8 Å². The van der Waals surface area contributed by atoms with E-state index in [1.165, 1.54) is 0 Å². The molecular formula is C14H17N3O2. The van der Waals surface area contributed by atoms with Crippen LogP contribution >= 0.6 is 0 Å². The van der Waals surface area contributed by atoms with Gasteiger partial charge in [0, 0.05) is 13.1 Å². The van der Waals surface area contributed by atoms with Gasteiger partial charge in [0.2, 0.25) is 0 Å². The van der Waals surface area contributed by atoms with Gasteiger partial charge >= 0.3 is 6.09 Å². The number of para-hydroxylation sites is 1. The number of hydrogen-bond donors (Lipinski definition) is 1. The molecule has 0 atom stereocenters. The van der Waals surface area contributed by atoms with E-state index in [9.17, 15) is 10.1 Å². The number of likely N-dealkylation sites (tertiary alicyclic amines) is 1. The first-order valence-electron chi connectivity index (χ1n) is 6.28. The van der Waals surface area contributed by atoms with Crippen LogP contribution in [0.4, 0.5) is 4.79 Å². The van der Waals surface area contributed by atoms with Gasteiger partial charge in [0.25, 0.3) is 0 Å². The number of hydrogen-bond acceptors (Lipinski definition) is 4. The molecule has 0 unspecified atom stereocenters. The smallest absolute Gasteiger partial charge is 0.410 e. The maximum absolute atomic E-state index is 11.8.